The fraction of sp³-hybridized carbons (Fsp3) is 0.367. The molecular formula is C30H34N4O5. The third-order valence-corrected chi connectivity index (χ3v) is 7.99. The second-order valence-corrected chi connectivity index (χ2v) is 10.4. The highest BCUT2D eigenvalue weighted by Gasteiger charge is 2.51. The number of nitrogens with one attached hydrogen (secondary N) is 2. The van der Waals surface area contributed by atoms with Gasteiger partial charge in [-0.25, -0.2) is 0 Å². The van der Waals surface area contributed by atoms with Gasteiger partial charge in [0, 0.05) is 54.3 Å². The van der Waals surface area contributed by atoms with Crippen LogP contribution in [0.4, 0.5) is 11.4 Å². The molecule has 3 amide bonds. The van der Waals surface area contributed by atoms with Crippen LogP contribution in [0.2, 0.25) is 0 Å². The first kappa shape index (κ1) is 26.6. The number of rotatable bonds is 8. The Morgan fingerprint density at radius 2 is 2.05 bits per heavy atom. The number of hydrogen-bond acceptors (Lipinski definition) is 5. The molecule has 204 valence electrons. The lowest BCUT2D eigenvalue weighted by Crippen LogP contribution is -2.43. The lowest BCUT2D eigenvalue weighted by atomic mass is 9.82. The van der Waals surface area contributed by atoms with E-state index in [0.29, 0.717) is 23.5 Å². The molecule has 39 heavy (non-hydrogen) atoms. The number of aliphatic hydroxyl groups is 2. The molecule has 1 saturated heterocycles. The van der Waals surface area contributed by atoms with Crippen LogP contribution in [0.5, 0.6) is 0 Å². The van der Waals surface area contributed by atoms with Crippen LogP contribution < -0.4 is 10.2 Å². The third-order valence-electron chi connectivity index (χ3n) is 7.99. The molecule has 3 heterocycles. The maximum atomic E-state index is 13.2. The van der Waals surface area contributed by atoms with Gasteiger partial charge in [-0.3, -0.25) is 14.4 Å². The number of likely N-dealkylation sites (tertiary alicyclic amines) is 1. The van der Waals surface area contributed by atoms with Crippen LogP contribution >= 0.6 is 0 Å². The number of likely N-dealkylation sites (N-methyl/N-ethyl adjacent to an activating group) is 1. The largest absolute Gasteiger partial charge is 0.394 e. The van der Waals surface area contributed by atoms with Crippen molar-refractivity contribution in [2.75, 3.05) is 30.4 Å². The molecule has 9 nitrogen and oxygen atoms in total. The monoisotopic (exact) mass is 530 g/mol. The van der Waals surface area contributed by atoms with Crippen molar-refractivity contribution >= 4 is 40.0 Å². The molecule has 0 radical (unpaired) electrons. The highest BCUT2D eigenvalue weighted by molar-refractivity contribution is 6.07. The van der Waals surface area contributed by atoms with E-state index in [2.05, 4.69) is 10.3 Å². The minimum absolute atomic E-state index is 0.0517. The van der Waals surface area contributed by atoms with Crippen LogP contribution in [0.3, 0.4) is 0 Å². The van der Waals surface area contributed by atoms with E-state index in [9.17, 15) is 24.6 Å². The maximum Gasteiger partial charge on any atom is 0.264 e. The van der Waals surface area contributed by atoms with Crippen molar-refractivity contribution in [1.29, 1.82) is 0 Å². The van der Waals surface area contributed by atoms with Gasteiger partial charge in [0.25, 0.3) is 5.91 Å². The van der Waals surface area contributed by atoms with Gasteiger partial charge in [0.15, 0.2) is 5.60 Å². The van der Waals surface area contributed by atoms with Crippen molar-refractivity contribution in [1.82, 2.24) is 9.88 Å². The van der Waals surface area contributed by atoms with E-state index in [-0.39, 0.29) is 37.3 Å². The molecule has 3 aromatic rings. The first-order chi connectivity index (χ1) is 18.7. The van der Waals surface area contributed by atoms with Gasteiger partial charge in [-0.05, 0) is 42.7 Å². The molecule has 1 fully saturated rings. The average molecular weight is 531 g/mol. The average Bonchev–Trinajstić information content (AvgIpc) is 3.62. The van der Waals surface area contributed by atoms with Gasteiger partial charge >= 0.3 is 0 Å². The summed E-state index contributed by atoms with van der Waals surface area (Å²) in [6, 6.07) is 12.7. The Morgan fingerprint density at radius 1 is 1.26 bits per heavy atom. The van der Waals surface area contributed by atoms with Gasteiger partial charge in [-0.1, -0.05) is 37.3 Å². The van der Waals surface area contributed by atoms with Crippen molar-refractivity contribution < 1.29 is 24.6 Å². The van der Waals surface area contributed by atoms with Crippen molar-refractivity contribution in [2.45, 2.75) is 44.2 Å². The second kappa shape index (κ2) is 10.7. The van der Waals surface area contributed by atoms with E-state index in [1.165, 1.54) is 4.90 Å². The van der Waals surface area contributed by atoms with Crippen molar-refractivity contribution in [3.05, 3.63) is 71.9 Å². The van der Waals surface area contributed by atoms with Gasteiger partial charge < -0.3 is 30.3 Å². The lowest BCUT2D eigenvalue weighted by molar-refractivity contribution is -0.139. The smallest absolute Gasteiger partial charge is 0.264 e. The zero-order chi connectivity index (χ0) is 27.7. The Hall–Kier alpha value is -3.95. The highest BCUT2D eigenvalue weighted by atomic mass is 16.3. The molecule has 2 aliphatic heterocycles. The van der Waals surface area contributed by atoms with E-state index < -0.39 is 17.4 Å². The van der Waals surface area contributed by atoms with Gasteiger partial charge in [-0.2, -0.15) is 0 Å². The summed E-state index contributed by atoms with van der Waals surface area (Å²) in [6.07, 6.45) is 7.14. The predicted molar refractivity (Wildman–Crippen MR) is 149 cm³/mol. The fourth-order valence-electron chi connectivity index (χ4n) is 5.77. The molecule has 0 aliphatic carbocycles. The fourth-order valence-corrected chi connectivity index (χ4v) is 5.77. The molecule has 2 aliphatic rings. The normalized spacial score (nSPS) is 21.6. The number of nitrogens with zero attached hydrogens (tertiary/aromatic N) is 2. The number of hydrogen-bond donors (Lipinski definition) is 4. The molecular weight excluding hydrogens is 496 g/mol. The minimum atomic E-state index is -1.84. The topological polar surface area (TPSA) is 126 Å². The van der Waals surface area contributed by atoms with Crippen molar-refractivity contribution in [3.8, 4) is 0 Å². The summed E-state index contributed by atoms with van der Waals surface area (Å²) in [5.41, 5.74) is 1.45. The number of amides is 3. The summed E-state index contributed by atoms with van der Waals surface area (Å²) in [6.45, 7) is 2.31. The molecule has 0 unspecified atom stereocenters. The number of carbonyl (C=O) groups is 3. The van der Waals surface area contributed by atoms with Gasteiger partial charge in [0.2, 0.25) is 11.8 Å². The Labute approximate surface area is 227 Å². The zero-order valence-corrected chi connectivity index (χ0v) is 22.2. The molecule has 5 rings (SSSR count). The molecule has 1 aromatic heterocycles. The van der Waals surface area contributed by atoms with Gasteiger partial charge in [0.1, 0.15) is 0 Å². The number of para-hydroxylation sites is 1. The van der Waals surface area contributed by atoms with E-state index in [1.807, 2.05) is 30.5 Å². The van der Waals surface area contributed by atoms with Crippen LogP contribution in [-0.4, -0.2) is 64.1 Å². The molecule has 0 saturated carbocycles. The Balaban J connectivity index is 1.31. The standard InChI is InChI=1S/C30H34N4O5/c1-19(7-5-11-28(37)34-14-6-8-22(34)18-35)30(39)24-16-21(12-13-26(24)33(2)29(30)38)32-27(36)15-20-17-31-25-10-4-3-9-23(20)25/h3-5,7,9-10,12-13,16-17,19,22,31,35,39H,6,8,11,14-15,18H2,1-2H3,(H,32,36)/b7-5+/t19-,22-,30+/m0/s1. The Kier molecular flexibility index (Phi) is 7.29. The van der Waals surface area contributed by atoms with E-state index in [0.717, 1.165) is 29.3 Å². The summed E-state index contributed by atoms with van der Waals surface area (Å²) in [5.74, 6) is -1.40. The molecule has 4 N–H and O–H groups in total. The first-order valence-corrected chi connectivity index (χ1v) is 13.3. The van der Waals surface area contributed by atoms with Gasteiger partial charge in [-0.15, -0.1) is 0 Å². The number of H-pyrrole nitrogens is 1. The van der Waals surface area contributed by atoms with Crippen LogP contribution in [0.15, 0.2) is 60.8 Å². The summed E-state index contributed by atoms with van der Waals surface area (Å²) in [4.78, 5) is 45.0. The Morgan fingerprint density at radius 3 is 2.85 bits per heavy atom. The van der Waals surface area contributed by atoms with Crippen LogP contribution in [0.25, 0.3) is 10.9 Å². The second-order valence-electron chi connectivity index (χ2n) is 10.4. The molecule has 0 bridgehead atoms. The zero-order valence-electron chi connectivity index (χ0n) is 22.2. The maximum absolute atomic E-state index is 13.2. The number of aliphatic hydroxyl groups excluding tert-OH is 1. The number of fused-ring (bicyclic) bond motifs is 2. The molecule has 2 aromatic carbocycles. The summed E-state index contributed by atoms with van der Waals surface area (Å²) < 4.78 is 0. The number of carbonyl (C=O) groups excluding carboxylic acids is 3. The van der Waals surface area contributed by atoms with Crippen molar-refractivity contribution in [2.24, 2.45) is 5.92 Å². The summed E-state index contributed by atoms with van der Waals surface area (Å²) in [5, 5.41) is 25.1. The van der Waals surface area contributed by atoms with E-state index in [1.54, 1.807) is 49.2 Å². The predicted octanol–water partition coefficient (Wildman–Crippen LogP) is 3.08. The van der Waals surface area contributed by atoms with Crippen LogP contribution in [0, 0.1) is 5.92 Å². The number of benzene rings is 2. The molecule has 9 heteroatoms. The highest BCUT2D eigenvalue weighted by Crippen LogP contribution is 2.45. The third kappa shape index (κ3) is 4.84. The SMILES string of the molecule is C[C@@H](/C=C/CC(=O)N1CCC[C@H]1CO)[C@]1(O)C(=O)N(C)c2ccc(NC(=O)Cc3c[nH]c4ccccc34)cc21. The van der Waals surface area contributed by atoms with Crippen LogP contribution in [0.1, 0.15) is 37.3 Å². The summed E-state index contributed by atoms with van der Waals surface area (Å²) >= 11 is 0. The van der Waals surface area contributed by atoms with Crippen molar-refractivity contribution in [3.63, 3.8) is 0 Å². The quantitative estimate of drug-likeness (QED) is 0.333. The number of aromatic amines is 1. The Bertz CT molecular complexity index is 1450. The van der Waals surface area contributed by atoms with Crippen LogP contribution in [-0.2, 0) is 26.4 Å². The number of aromatic nitrogens is 1. The van der Waals surface area contributed by atoms with E-state index in [4.69, 9.17) is 0 Å². The number of anilines is 2. The summed E-state index contributed by atoms with van der Waals surface area (Å²) in [7, 11) is 1.61. The molecule has 3 atom stereocenters. The minimum Gasteiger partial charge on any atom is -0.394 e. The van der Waals surface area contributed by atoms with E-state index >= 15 is 0 Å². The first-order valence-electron chi connectivity index (χ1n) is 13.3. The molecule has 0 spiro atoms. The lowest BCUT2D eigenvalue weighted by Gasteiger charge is -2.27. The van der Waals surface area contributed by atoms with Gasteiger partial charge in [0.05, 0.1) is 24.8 Å².